The van der Waals surface area contributed by atoms with E-state index < -0.39 is 0 Å². The van der Waals surface area contributed by atoms with Crippen molar-refractivity contribution >= 4 is 38.6 Å². The zero-order chi connectivity index (χ0) is 42.4. The molecule has 0 heterocycles. The summed E-state index contributed by atoms with van der Waals surface area (Å²) < 4.78 is 0. The lowest BCUT2D eigenvalue weighted by molar-refractivity contribution is 0.478. The molecule has 0 N–H and O–H groups in total. The molecule has 2 aliphatic rings. The third-order valence-corrected chi connectivity index (χ3v) is 15.0. The van der Waals surface area contributed by atoms with Crippen LogP contribution in [-0.4, -0.2) is 0 Å². The largest absolute Gasteiger partial charge is 0.310 e. The number of nitrogens with zero attached hydrogens (tertiary/aromatic N) is 1. The molecular formula is C61H53N. The lowest BCUT2D eigenvalue weighted by Gasteiger charge is -2.34. The maximum absolute atomic E-state index is 2.55. The van der Waals surface area contributed by atoms with Crippen molar-refractivity contribution in [1.82, 2.24) is 0 Å². The summed E-state index contributed by atoms with van der Waals surface area (Å²) in [6.45, 7) is 14.2. The van der Waals surface area contributed by atoms with Crippen LogP contribution in [0.1, 0.15) is 87.8 Å². The highest BCUT2D eigenvalue weighted by Gasteiger charge is 2.39. The van der Waals surface area contributed by atoms with E-state index in [4.69, 9.17) is 0 Å². The first-order valence-electron chi connectivity index (χ1n) is 22.6. The number of anilines is 3. The Labute approximate surface area is 367 Å². The van der Waals surface area contributed by atoms with Crippen molar-refractivity contribution in [2.24, 2.45) is 0 Å². The van der Waals surface area contributed by atoms with Crippen LogP contribution in [0.25, 0.3) is 54.9 Å². The molecule has 0 radical (unpaired) electrons. The van der Waals surface area contributed by atoms with E-state index >= 15 is 0 Å². The summed E-state index contributed by atoms with van der Waals surface area (Å²) in [4.78, 5) is 2.55. The summed E-state index contributed by atoms with van der Waals surface area (Å²) in [7, 11) is 0. The van der Waals surface area contributed by atoms with Gasteiger partial charge in [0.25, 0.3) is 0 Å². The lowest BCUT2D eigenvalue weighted by Crippen LogP contribution is -2.26. The Kier molecular flexibility index (Phi) is 8.75. The first-order chi connectivity index (χ1) is 30.2. The minimum atomic E-state index is -0.125. The van der Waals surface area contributed by atoms with Crippen LogP contribution >= 0.6 is 0 Å². The number of rotatable bonds is 8. The summed E-state index contributed by atoms with van der Waals surface area (Å²) in [5.74, 6) is 0. The van der Waals surface area contributed by atoms with E-state index in [1.54, 1.807) is 0 Å². The lowest BCUT2D eigenvalue weighted by atomic mass is 9.70. The zero-order valence-corrected chi connectivity index (χ0v) is 36.8. The monoisotopic (exact) mass is 799 g/mol. The van der Waals surface area contributed by atoms with Crippen LogP contribution in [0.4, 0.5) is 17.1 Å². The van der Waals surface area contributed by atoms with Gasteiger partial charge in [0.05, 0.1) is 5.69 Å². The van der Waals surface area contributed by atoms with Crippen LogP contribution in [0.2, 0.25) is 0 Å². The van der Waals surface area contributed by atoms with Crippen LogP contribution in [0.15, 0.2) is 188 Å². The fraction of sp³-hybridized carbons (Fsp3) is 0.180. The predicted molar refractivity (Wildman–Crippen MR) is 265 cm³/mol. The van der Waals surface area contributed by atoms with Crippen molar-refractivity contribution in [2.75, 3.05) is 4.90 Å². The molecule has 302 valence electrons. The van der Waals surface area contributed by atoms with E-state index in [-0.39, 0.29) is 16.2 Å². The van der Waals surface area contributed by atoms with Gasteiger partial charge in [-0.1, -0.05) is 187 Å². The first kappa shape index (κ1) is 38.2. The molecule has 9 aromatic carbocycles. The molecule has 2 aliphatic carbocycles. The molecule has 1 heteroatoms. The van der Waals surface area contributed by atoms with Gasteiger partial charge in [-0.3, -0.25) is 0 Å². The van der Waals surface area contributed by atoms with E-state index in [0.717, 1.165) is 24.2 Å². The van der Waals surface area contributed by atoms with E-state index in [9.17, 15) is 0 Å². The number of fused-ring (bicyclic) bond motifs is 8. The Balaban J connectivity index is 1.18. The average Bonchev–Trinajstić information content (AvgIpc) is 3.68. The van der Waals surface area contributed by atoms with Gasteiger partial charge in [-0.25, -0.2) is 0 Å². The van der Waals surface area contributed by atoms with Crippen LogP contribution in [0, 0.1) is 0 Å². The van der Waals surface area contributed by atoms with Crippen LogP contribution < -0.4 is 4.90 Å². The van der Waals surface area contributed by atoms with E-state index in [1.165, 1.54) is 94.0 Å². The summed E-state index contributed by atoms with van der Waals surface area (Å²) in [5, 5.41) is 5.06. The fourth-order valence-corrected chi connectivity index (χ4v) is 11.6. The molecule has 0 saturated heterocycles. The van der Waals surface area contributed by atoms with Crippen molar-refractivity contribution in [2.45, 2.75) is 70.6 Å². The van der Waals surface area contributed by atoms with Crippen molar-refractivity contribution in [3.63, 3.8) is 0 Å². The Morgan fingerprint density at radius 3 is 1.71 bits per heavy atom. The highest BCUT2D eigenvalue weighted by atomic mass is 15.1. The maximum atomic E-state index is 2.55. The highest BCUT2D eigenvalue weighted by Crippen LogP contribution is 2.56. The molecule has 0 unspecified atom stereocenters. The van der Waals surface area contributed by atoms with Crippen molar-refractivity contribution < 1.29 is 0 Å². The first-order valence-corrected chi connectivity index (χ1v) is 22.6. The summed E-state index contributed by atoms with van der Waals surface area (Å²) in [6, 6.07) is 71.3. The normalized spacial score (nSPS) is 14.4. The van der Waals surface area contributed by atoms with Gasteiger partial charge in [-0.05, 0) is 138 Å². The van der Waals surface area contributed by atoms with Crippen molar-refractivity contribution in [3.8, 4) is 33.4 Å². The Bertz CT molecular complexity index is 3200. The van der Waals surface area contributed by atoms with E-state index in [0.29, 0.717) is 0 Å². The maximum Gasteiger partial charge on any atom is 0.0546 e. The molecule has 0 bridgehead atoms. The quantitative estimate of drug-likeness (QED) is 0.148. The number of hydrogen-bond donors (Lipinski definition) is 0. The molecule has 0 fully saturated rings. The molecule has 0 amide bonds. The SMILES string of the molecule is CCC(CC)(c1ccccc1)c1ccc(N(c2ccc3c(c2)-c2cc4ccccc4cc2C3(C)C)c2ccc3ccccc3c2-c2cccc3c2-c2ccccc2C3(C)C)cc1. The van der Waals surface area contributed by atoms with Crippen molar-refractivity contribution in [1.29, 1.82) is 0 Å². The molecule has 0 aliphatic heterocycles. The molecule has 1 nitrogen and oxygen atoms in total. The van der Waals surface area contributed by atoms with Gasteiger partial charge in [-0.15, -0.1) is 0 Å². The second-order valence-corrected chi connectivity index (χ2v) is 18.7. The van der Waals surface area contributed by atoms with Gasteiger partial charge >= 0.3 is 0 Å². The number of benzene rings is 9. The zero-order valence-electron chi connectivity index (χ0n) is 36.8. The van der Waals surface area contributed by atoms with Crippen LogP contribution in [0.3, 0.4) is 0 Å². The minimum Gasteiger partial charge on any atom is -0.310 e. The Morgan fingerprint density at radius 2 is 0.952 bits per heavy atom. The molecule has 9 aromatic rings. The third-order valence-electron chi connectivity index (χ3n) is 15.0. The van der Waals surface area contributed by atoms with E-state index in [1.807, 2.05) is 0 Å². The average molecular weight is 800 g/mol. The van der Waals surface area contributed by atoms with Crippen molar-refractivity contribution in [3.05, 3.63) is 221 Å². The van der Waals surface area contributed by atoms with Gasteiger partial charge in [0, 0.05) is 33.2 Å². The summed E-state index contributed by atoms with van der Waals surface area (Å²) in [6.07, 6.45) is 2.05. The van der Waals surface area contributed by atoms with Gasteiger partial charge in [0.2, 0.25) is 0 Å². The molecule has 11 rings (SSSR count). The molecule has 0 atom stereocenters. The van der Waals surface area contributed by atoms with E-state index in [2.05, 4.69) is 234 Å². The second-order valence-electron chi connectivity index (χ2n) is 18.7. The Hall–Kier alpha value is -6.70. The molecule has 0 spiro atoms. The molecular weight excluding hydrogens is 747 g/mol. The summed E-state index contributed by atoms with van der Waals surface area (Å²) >= 11 is 0. The smallest absolute Gasteiger partial charge is 0.0546 e. The third kappa shape index (κ3) is 5.53. The van der Waals surface area contributed by atoms with Gasteiger partial charge in [0.1, 0.15) is 0 Å². The molecule has 62 heavy (non-hydrogen) atoms. The van der Waals surface area contributed by atoms with Gasteiger partial charge in [-0.2, -0.15) is 0 Å². The standard InChI is InChI=1S/C61H53N/c1-7-61(8-2,43-22-10-9-11-23-43)44-30-32-45(33-31-44)62(46-34-35-53-51(39-46)50-37-41-20-12-13-21-42(41)38-55(50)60(53,5)6)56-36-29-40-19-14-15-24-47(40)58(56)49-26-18-28-54-57(49)48-25-16-17-27-52(48)59(54,3)4/h9-39H,7-8H2,1-6H3. The second kappa shape index (κ2) is 14.2. The highest BCUT2D eigenvalue weighted by molar-refractivity contribution is 6.10. The number of hydrogen-bond acceptors (Lipinski definition) is 1. The Morgan fingerprint density at radius 1 is 0.387 bits per heavy atom. The summed E-state index contributed by atoms with van der Waals surface area (Å²) in [5.41, 5.74) is 19.3. The topological polar surface area (TPSA) is 3.24 Å². The predicted octanol–water partition coefficient (Wildman–Crippen LogP) is 16.8. The van der Waals surface area contributed by atoms with Gasteiger partial charge in [0.15, 0.2) is 0 Å². The van der Waals surface area contributed by atoms with Crippen LogP contribution in [-0.2, 0) is 16.2 Å². The molecule has 0 saturated carbocycles. The minimum absolute atomic E-state index is 0.0743. The van der Waals surface area contributed by atoms with Gasteiger partial charge < -0.3 is 4.90 Å². The van der Waals surface area contributed by atoms with Crippen LogP contribution in [0.5, 0.6) is 0 Å². The fourth-order valence-electron chi connectivity index (χ4n) is 11.6. The molecule has 0 aromatic heterocycles.